The Morgan fingerprint density at radius 3 is 2.50 bits per heavy atom. The first-order chi connectivity index (χ1) is 11.3. The highest BCUT2D eigenvalue weighted by Crippen LogP contribution is 2.31. The second kappa shape index (κ2) is 7.25. The molecule has 0 atom stereocenters. The Balaban J connectivity index is 2.66. The summed E-state index contributed by atoms with van der Waals surface area (Å²) in [6.07, 6.45) is 1.00. The second-order valence-electron chi connectivity index (χ2n) is 4.51. The van der Waals surface area contributed by atoms with Gasteiger partial charge in [-0.3, -0.25) is 10.1 Å². The molecule has 0 unspecified atom stereocenters. The Hall–Kier alpha value is -2.02. The van der Waals surface area contributed by atoms with E-state index in [4.69, 9.17) is 0 Å². The molecule has 2 aromatic carbocycles. The van der Waals surface area contributed by atoms with E-state index < -0.39 is 19.7 Å². The second-order valence-corrected chi connectivity index (χ2v) is 8.17. The van der Waals surface area contributed by atoms with Crippen LogP contribution in [-0.2, 0) is 9.84 Å². The van der Waals surface area contributed by atoms with Gasteiger partial charge in [0.25, 0.3) is 5.69 Å². The predicted molar refractivity (Wildman–Crippen MR) is 95.7 cm³/mol. The molecule has 0 aliphatic heterocycles. The summed E-state index contributed by atoms with van der Waals surface area (Å²) in [5.41, 5.74) is -0.248. The third kappa shape index (κ3) is 3.72. The van der Waals surface area contributed by atoms with Crippen LogP contribution in [-0.4, -0.2) is 13.3 Å². The van der Waals surface area contributed by atoms with Crippen LogP contribution in [0.2, 0.25) is 0 Å². The monoisotopic (exact) mass is 470 g/mol. The van der Waals surface area contributed by atoms with Crippen LogP contribution in [0, 0.1) is 21.4 Å². The summed E-state index contributed by atoms with van der Waals surface area (Å²) in [6.45, 7) is 0. The van der Waals surface area contributed by atoms with Crippen molar-refractivity contribution in [3.63, 3.8) is 0 Å². The number of sulfone groups is 1. The van der Waals surface area contributed by atoms with Crippen molar-refractivity contribution in [2.75, 3.05) is 0 Å². The average molecular weight is 472 g/mol. The van der Waals surface area contributed by atoms with Crippen molar-refractivity contribution in [1.29, 1.82) is 5.26 Å². The van der Waals surface area contributed by atoms with Gasteiger partial charge in [-0.2, -0.15) is 5.26 Å². The van der Waals surface area contributed by atoms with Gasteiger partial charge in [0.15, 0.2) is 0 Å². The standard InChI is InChI=1S/C15H8Br2N2O4S/c16-11-5-6-13(17)15(8-11)24(22,23)12(9-18)7-10-3-1-2-4-14(10)19(20)21/h1-8H. The predicted octanol–water partition coefficient (Wildman–Crippen LogP) is 4.46. The molecule has 0 aliphatic carbocycles. The molecule has 2 aromatic rings. The molecule has 122 valence electrons. The Labute approximate surface area is 154 Å². The fourth-order valence-corrected chi connectivity index (χ4v) is 4.53. The highest BCUT2D eigenvalue weighted by molar-refractivity contribution is 9.11. The van der Waals surface area contributed by atoms with E-state index in [1.165, 1.54) is 36.4 Å². The van der Waals surface area contributed by atoms with Crippen LogP contribution in [0.5, 0.6) is 0 Å². The minimum Gasteiger partial charge on any atom is -0.258 e. The molecule has 0 saturated heterocycles. The van der Waals surface area contributed by atoms with E-state index in [0.29, 0.717) is 4.47 Å². The van der Waals surface area contributed by atoms with Gasteiger partial charge < -0.3 is 0 Å². The van der Waals surface area contributed by atoms with Crippen LogP contribution < -0.4 is 0 Å². The van der Waals surface area contributed by atoms with E-state index in [1.807, 2.05) is 0 Å². The zero-order valence-corrected chi connectivity index (χ0v) is 15.8. The van der Waals surface area contributed by atoms with Gasteiger partial charge in [0, 0.05) is 15.0 Å². The molecule has 0 fully saturated rings. The van der Waals surface area contributed by atoms with E-state index in [2.05, 4.69) is 31.9 Å². The maximum atomic E-state index is 12.7. The third-order valence-electron chi connectivity index (χ3n) is 3.00. The molecule has 2 rings (SSSR count). The van der Waals surface area contributed by atoms with Crippen LogP contribution in [0.1, 0.15) is 5.56 Å². The van der Waals surface area contributed by atoms with Crippen molar-refractivity contribution < 1.29 is 13.3 Å². The summed E-state index contributed by atoms with van der Waals surface area (Å²) < 4.78 is 26.2. The third-order valence-corrected chi connectivity index (χ3v) is 6.15. The van der Waals surface area contributed by atoms with E-state index in [1.54, 1.807) is 12.1 Å². The molecule has 0 N–H and O–H groups in total. The largest absolute Gasteiger partial charge is 0.276 e. The molecule has 0 aromatic heterocycles. The number of nitro groups is 1. The first-order valence-corrected chi connectivity index (χ1v) is 9.39. The number of hydrogen-bond donors (Lipinski definition) is 0. The topological polar surface area (TPSA) is 101 Å². The Kier molecular flexibility index (Phi) is 5.54. The molecule has 0 bridgehead atoms. The van der Waals surface area contributed by atoms with Crippen molar-refractivity contribution in [1.82, 2.24) is 0 Å². The number of nitro benzene ring substituents is 1. The molecule has 0 amide bonds. The van der Waals surface area contributed by atoms with Crippen molar-refractivity contribution in [3.05, 3.63) is 72.0 Å². The summed E-state index contributed by atoms with van der Waals surface area (Å²) in [7, 11) is -4.14. The summed E-state index contributed by atoms with van der Waals surface area (Å²) in [5, 5.41) is 20.3. The molecule has 0 radical (unpaired) electrons. The maximum Gasteiger partial charge on any atom is 0.276 e. The number of halogens is 2. The lowest BCUT2D eigenvalue weighted by Gasteiger charge is -2.06. The summed E-state index contributed by atoms with van der Waals surface area (Å²) >= 11 is 6.32. The van der Waals surface area contributed by atoms with Crippen molar-refractivity contribution >= 4 is 53.5 Å². The molecular weight excluding hydrogens is 464 g/mol. The zero-order chi connectivity index (χ0) is 17.9. The maximum absolute atomic E-state index is 12.7. The minimum atomic E-state index is -4.14. The number of rotatable bonds is 4. The lowest BCUT2D eigenvalue weighted by Crippen LogP contribution is -2.05. The molecule has 24 heavy (non-hydrogen) atoms. The smallest absolute Gasteiger partial charge is 0.258 e. The van der Waals surface area contributed by atoms with Gasteiger partial charge in [-0.25, -0.2) is 8.42 Å². The van der Waals surface area contributed by atoms with Crippen LogP contribution >= 0.6 is 31.9 Å². The van der Waals surface area contributed by atoms with Gasteiger partial charge in [0.1, 0.15) is 11.0 Å². The van der Waals surface area contributed by atoms with Crippen molar-refractivity contribution in [2.24, 2.45) is 0 Å². The van der Waals surface area contributed by atoms with E-state index in [-0.39, 0.29) is 20.6 Å². The Bertz CT molecular complexity index is 995. The van der Waals surface area contributed by atoms with Crippen LogP contribution in [0.25, 0.3) is 6.08 Å². The van der Waals surface area contributed by atoms with Crippen molar-refractivity contribution in [3.8, 4) is 6.07 Å². The molecule has 9 heteroatoms. The van der Waals surface area contributed by atoms with E-state index >= 15 is 0 Å². The molecular formula is C15H8Br2N2O4S. The number of nitriles is 1. The van der Waals surface area contributed by atoms with Gasteiger partial charge >= 0.3 is 0 Å². The molecule has 0 saturated carbocycles. The fraction of sp³-hybridized carbons (Fsp3) is 0. The van der Waals surface area contributed by atoms with E-state index in [0.717, 1.165) is 6.08 Å². The SMILES string of the molecule is N#CC(=Cc1ccccc1[N+](=O)[O-])S(=O)(=O)c1cc(Br)ccc1Br. The molecule has 0 heterocycles. The highest BCUT2D eigenvalue weighted by Gasteiger charge is 2.25. The first-order valence-electron chi connectivity index (χ1n) is 6.32. The van der Waals surface area contributed by atoms with E-state index in [9.17, 15) is 23.8 Å². The van der Waals surface area contributed by atoms with Crippen molar-refractivity contribution in [2.45, 2.75) is 4.90 Å². The lowest BCUT2D eigenvalue weighted by atomic mass is 10.1. The molecule has 0 spiro atoms. The first kappa shape index (κ1) is 18.3. The normalized spacial score (nSPS) is 11.8. The summed E-state index contributed by atoms with van der Waals surface area (Å²) in [6, 6.07) is 11.7. The summed E-state index contributed by atoms with van der Waals surface area (Å²) in [4.78, 5) is 9.71. The molecule has 6 nitrogen and oxygen atoms in total. The van der Waals surface area contributed by atoms with Gasteiger partial charge in [0.05, 0.1) is 15.4 Å². The quantitative estimate of drug-likeness (QED) is 0.372. The van der Waals surface area contributed by atoms with Gasteiger partial charge in [-0.15, -0.1) is 0 Å². The van der Waals surface area contributed by atoms with Crippen LogP contribution in [0.15, 0.2) is 61.2 Å². The van der Waals surface area contributed by atoms with Gasteiger partial charge in [0.2, 0.25) is 9.84 Å². The lowest BCUT2D eigenvalue weighted by molar-refractivity contribution is -0.385. The molecule has 0 aliphatic rings. The highest BCUT2D eigenvalue weighted by atomic mass is 79.9. The number of allylic oxidation sites excluding steroid dienone is 1. The summed E-state index contributed by atoms with van der Waals surface area (Å²) in [5.74, 6) is 0. The Morgan fingerprint density at radius 2 is 1.88 bits per heavy atom. The fourth-order valence-electron chi connectivity index (χ4n) is 1.89. The zero-order valence-electron chi connectivity index (χ0n) is 11.8. The minimum absolute atomic E-state index is 0.0359. The van der Waals surface area contributed by atoms with Crippen LogP contribution in [0.4, 0.5) is 5.69 Å². The number of para-hydroxylation sites is 1. The van der Waals surface area contributed by atoms with Gasteiger partial charge in [-0.05, 0) is 46.3 Å². The number of nitrogens with zero attached hydrogens (tertiary/aromatic N) is 2. The Morgan fingerprint density at radius 1 is 1.21 bits per heavy atom. The number of benzene rings is 2. The van der Waals surface area contributed by atoms with Crippen LogP contribution in [0.3, 0.4) is 0 Å². The van der Waals surface area contributed by atoms with Gasteiger partial charge in [-0.1, -0.05) is 28.1 Å². The average Bonchev–Trinajstić information content (AvgIpc) is 2.54. The number of hydrogen-bond acceptors (Lipinski definition) is 5.